The monoisotopic (exact) mass is 300 g/mol. The summed E-state index contributed by atoms with van der Waals surface area (Å²) in [7, 11) is 0. The standard InChI is InChI=1S/C21H20N2/c1-19(2)20(15-9-5-3-6-10-15)17-13-14-18(17)21(19,23-22-20)16-11-7-4-8-12-16/h3-14,17-18H,1-2H3. The van der Waals surface area contributed by atoms with Gasteiger partial charge < -0.3 is 0 Å². The molecule has 0 radical (unpaired) electrons. The SMILES string of the molecule is CC1(C)C2(c3ccccc3)N=NC1(c1ccccc1)C1C=CC12. The van der Waals surface area contributed by atoms with Crippen molar-refractivity contribution in [3.63, 3.8) is 0 Å². The van der Waals surface area contributed by atoms with Crippen LogP contribution in [0.2, 0.25) is 0 Å². The molecular weight excluding hydrogens is 280 g/mol. The smallest absolute Gasteiger partial charge is 0.121 e. The normalized spacial score (nSPS) is 38.3. The fourth-order valence-electron chi connectivity index (χ4n) is 5.40. The van der Waals surface area contributed by atoms with E-state index in [2.05, 4.69) is 86.7 Å². The zero-order chi connectivity index (χ0) is 15.7. The van der Waals surface area contributed by atoms with E-state index in [4.69, 9.17) is 10.2 Å². The lowest BCUT2D eigenvalue weighted by molar-refractivity contribution is 0.160. The van der Waals surface area contributed by atoms with Gasteiger partial charge in [0.1, 0.15) is 11.1 Å². The largest absolute Gasteiger partial charge is 0.180 e. The van der Waals surface area contributed by atoms with Gasteiger partial charge in [0, 0.05) is 17.3 Å². The first-order chi connectivity index (χ1) is 11.1. The number of benzene rings is 2. The Kier molecular flexibility index (Phi) is 2.30. The zero-order valence-corrected chi connectivity index (χ0v) is 13.5. The van der Waals surface area contributed by atoms with E-state index in [0.29, 0.717) is 11.8 Å². The first-order valence-corrected chi connectivity index (χ1v) is 8.38. The molecule has 0 amide bonds. The second-order valence-corrected chi connectivity index (χ2v) is 7.53. The van der Waals surface area contributed by atoms with Crippen molar-refractivity contribution in [3.05, 3.63) is 83.9 Å². The van der Waals surface area contributed by atoms with E-state index < -0.39 is 0 Å². The van der Waals surface area contributed by atoms with Crippen LogP contribution < -0.4 is 0 Å². The van der Waals surface area contributed by atoms with Crippen molar-refractivity contribution < 1.29 is 0 Å². The minimum absolute atomic E-state index is 0.0679. The van der Waals surface area contributed by atoms with E-state index in [1.54, 1.807) is 0 Å². The minimum atomic E-state index is -0.247. The Labute approximate surface area is 137 Å². The lowest BCUT2D eigenvalue weighted by Gasteiger charge is -2.40. The Balaban J connectivity index is 1.80. The lowest BCUT2D eigenvalue weighted by atomic mass is 9.62. The third kappa shape index (κ3) is 1.21. The van der Waals surface area contributed by atoms with Crippen LogP contribution >= 0.6 is 0 Å². The van der Waals surface area contributed by atoms with Crippen molar-refractivity contribution in [1.29, 1.82) is 0 Å². The van der Waals surface area contributed by atoms with E-state index in [1.807, 2.05) is 0 Å². The Bertz CT molecular complexity index is 754. The molecule has 2 nitrogen and oxygen atoms in total. The molecule has 1 heterocycles. The lowest BCUT2D eigenvalue weighted by Crippen LogP contribution is -2.43. The molecule has 0 N–H and O–H groups in total. The third-order valence-corrected chi connectivity index (χ3v) is 6.58. The van der Waals surface area contributed by atoms with Crippen LogP contribution in [0.15, 0.2) is 83.0 Å². The number of hydrogen-bond acceptors (Lipinski definition) is 2. The second kappa shape index (κ2) is 4.00. The maximum atomic E-state index is 4.96. The molecule has 1 aliphatic heterocycles. The average Bonchev–Trinajstić information content (AvgIpc) is 2.84. The summed E-state index contributed by atoms with van der Waals surface area (Å²) in [5.41, 5.74) is 2.03. The summed E-state index contributed by atoms with van der Waals surface area (Å²) in [6.45, 7) is 4.71. The zero-order valence-electron chi connectivity index (χ0n) is 13.5. The summed E-state index contributed by atoms with van der Waals surface area (Å²) >= 11 is 0. The van der Waals surface area contributed by atoms with Gasteiger partial charge in [0.2, 0.25) is 0 Å². The Morgan fingerprint density at radius 3 is 1.39 bits per heavy atom. The van der Waals surface area contributed by atoms with E-state index in [0.717, 1.165) is 0 Å². The van der Waals surface area contributed by atoms with Gasteiger partial charge in [-0.1, -0.05) is 86.7 Å². The molecule has 1 fully saturated rings. The molecule has 4 atom stereocenters. The molecule has 114 valence electrons. The maximum Gasteiger partial charge on any atom is 0.121 e. The Morgan fingerprint density at radius 1 is 0.652 bits per heavy atom. The van der Waals surface area contributed by atoms with Gasteiger partial charge in [0.25, 0.3) is 0 Å². The van der Waals surface area contributed by atoms with Crippen molar-refractivity contribution in [2.45, 2.75) is 24.9 Å². The first kappa shape index (κ1) is 13.2. The third-order valence-electron chi connectivity index (χ3n) is 6.58. The van der Waals surface area contributed by atoms with Gasteiger partial charge in [-0.25, -0.2) is 0 Å². The molecule has 0 aromatic heterocycles. The highest BCUT2D eigenvalue weighted by Crippen LogP contribution is 2.76. The summed E-state index contributed by atoms with van der Waals surface area (Å²) in [5.74, 6) is 0.884. The van der Waals surface area contributed by atoms with Crippen LogP contribution in [0.4, 0.5) is 0 Å². The topological polar surface area (TPSA) is 24.7 Å². The molecule has 3 aliphatic rings. The molecular formula is C21H20N2. The van der Waals surface area contributed by atoms with Gasteiger partial charge in [-0.2, -0.15) is 10.2 Å². The van der Waals surface area contributed by atoms with Crippen LogP contribution in [0.3, 0.4) is 0 Å². The Morgan fingerprint density at radius 2 is 1.04 bits per heavy atom. The average molecular weight is 300 g/mol. The van der Waals surface area contributed by atoms with Crippen LogP contribution in [0.5, 0.6) is 0 Å². The van der Waals surface area contributed by atoms with E-state index >= 15 is 0 Å². The van der Waals surface area contributed by atoms with Crippen LogP contribution in [0.1, 0.15) is 25.0 Å². The number of hydrogen-bond donors (Lipinski definition) is 0. The summed E-state index contributed by atoms with van der Waals surface area (Å²) in [5, 5.41) is 9.93. The van der Waals surface area contributed by atoms with Crippen molar-refractivity contribution >= 4 is 0 Å². The number of nitrogens with zero attached hydrogens (tertiary/aromatic N) is 2. The summed E-state index contributed by atoms with van der Waals surface area (Å²) in [6.07, 6.45) is 4.70. The molecule has 2 heteroatoms. The van der Waals surface area contributed by atoms with Gasteiger partial charge in [-0.05, 0) is 11.1 Å². The van der Waals surface area contributed by atoms with Gasteiger partial charge in [0.15, 0.2) is 0 Å². The van der Waals surface area contributed by atoms with E-state index in [-0.39, 0.29) is 16.5 Å². The molecule has 2 aromatic carbocycles. The maximum absolute atomic E-state index is 4.96. The fraction of sp³-hybridized carbons (Fsp3) is 0.333. The molecule has 0 saturated heterocycles. The fourth-order valence-corrected chi connectivity index (χ4v) is 5.40. The summed E-state index contributed by atoms with van der Waals surface area (Å²) in [6, 6.07) is 21.5. The highest BCUT2D eigenvalue weighted by atomic mass is 15.3. The first-order valence-electron chi connectivity index (χ1n) is 8.38. The molecule has 1 saturated carbocycles. The van der Waals surface area contributed by atoms with Gasteiger partial charge in [-0.3, -0.25) is 0 Å². The molecule has 23 heavy (non-hydrogen) atoms. The summed E-state index contributed by atoms with van der Waals surface area (Å²) < 4.78 is 0. The van der Waals surface area contributed by atoms with Crippen LogP contribution in [-0.4, -0.2) is 0 Å². The molecule has 2 aromatic rings. The minimum Gasteiger partial charge on any atom is -0.180 e. The van der Waals surface area contributed by atoms with E-state index in [9.17, 15) is 0 Å². The van der Waals surface area contributed by atoms with E-state index in [1.165, 1.54) is 11.1 Å². The molecule has 5 rings (SSSR count). The second-order valence-electron chi connectivity index (χ2n) is 7.53. The molecule has 4 unspecified atom stereocenters. The molecule has 0 spiro atoms. The van der Waals surface area contributed by atoms with Crippen LogP contribution in [0.25, 0.3) is 0 Å². The number of azo groups is 1. The Hall–Kier alpha value is -2.22. The quantitative estimate of drug-likeness (QED) is 0.691. The van der Waals surface area contributed by atoms with Gasteiger partial charge in [-0.15, -0.1) is 0 Å². The van der Waals surface area contributed by atoms with Crippen molar-refractivity contribution in [1.82, 2.24) is 0 Å². The highest BCUT2D eigenvalue weighted by molar-refractivity contribution is 5.50. The predicted octanol–water partition coefficient (Wildman–Crippen LogP) is 5.09. The number of rotatable bonds is 2. The predicted molar refractivity (Wildman–Crippen MR) is 91.0 cm³/mol. The summed E-state index contributed by atoms with van der Waals surface area (Å²) in [4.78, 5) is 0. The highest BCUT2D eigenvalue weighted by Gasteiger charge is 2.78. The molecule has 2 bridgehead atoms. The van der Waals surface area contributed by atoms with Crippen molar-refractivity contribution in [3.8, 4) is 0 Å². The van der Waals surface area contributed by atoms with Gasteiger partial charge >= 0.3 is 0 Å². The van der Waals surface area contributed by atoms with Crippen LogP contribution in [-0.2, 0) is 11.1 Å². The van der Waals surface area contributed by atoms with Crippen molar-refractivity contribution in [2.24, 2.45) is 27.5 Å². The molecule has 2 aliphatic carbocycles. The van der Waals surface area contributed by atoms with Crippen LogP contribution in [0, 0.1) is 17.3 Å². The van der Waals surface area contributed by atoms with Gasteiger partial charge in [0.05, 0.1) is 0 Å². The number of fused-ring (bicyclic) bond motifs is 5. The van der Waals surface area contributed by atoms with Crippen molar-refractivity contribution in [2.75, 3.05) is 0 Å².